The first-order valence-electron chi connectivity index (χ1n) is 5.61. The van der Waals surface area contributed by atoms with Crippen LogP contribution < -0.4 is 4.72 Å². The zero-order valence-corrected chi connectivity index (χ0v) is 11.5. The van der Waals surface area contributed by atoms with Gasteiger partial charge in [-0.2, -0.15) is 0 Å². The van der Waals surface area contributed by atoms with Gasteiger partial charge < -0.3 is 0 Å². The number of carbonyl (C=O) groups is 1. The highest BCUT2D eigenvalue weighted by Gasteiger charge is 2.06. The summed E-state index contributed by atoms with van der Waals surface area (Å²) in [5.74, 6) is -0.630. The summed E-state index contributed by atoms with van der Waals surface area (Å²) < 4.78 is 23.7. The number of amides is 1. The maximum Gasteiger partial charge on any atom is 0.257 e. The van der Waals surface area contributed by atoms with Crippen LogP contribution in [0.25, 0.3) is 5.57 Å². The standard InChI is InChI=1S/C13H17NO3S/c1-4-11-5-7-12(8-6-11)10(2)9-13(15)14-18(3,16)17/h5-9H,4H2,1-3H3,(H,14,15). The second kappa shape index (κ2) is 5.82. The molecule has 1 amide bonds. The minimum absolute atomic E-state index is 0.630. The quantitative estimate of drug-likeness (QED) is 0.845. The first kappa shape index (κ1) is 14.4. The van der Waals surface area contributed by atoms with Gasteiger partial charge in [0.1, 0.15) is 0 Å². The van der Waals surface area contributed by atoms with Crippen LogP contribution in [0.15, 0.2) is 30.3 Å². The van der Waals surface area contributed by atoms with Crippen molar-refractivity contribution < 1.29 is 13.2 Å². The number of hydrogen-bond donors (Lipinski definition) is 1. The molecule has 1 rings (SSSR count). The number of aryl methyl sites for hydroxylation is 1. The average Bonchev–Trinajstić information content (AvgIpc) is 2.26. The molecule has 18 heavy (non-hydrogen) atoms. The van der Waals surface area contributed by atoms with Crippen LogP contribution in [0.3, 0.4) is 0 Å². The van der Waals surface area contributed by atoms with Gasteiger partial charge in [0.2, 0.25) is 10.0 Å². The lowest BCUT2D eigenvalue weighted by Crippen LogP contribution is -2.27. The summed E-state index contributed by atoms with van der Waals surface area (Å²) in [4.78, 5) is 11.4. The van der Waals surface area contributed by atoms with Crippen molar-refractivity contribution in [3.8, 4) is 0 Å². The van der Waals surface area contributed by atoms with Crippen LogP contribution in [-0.2, 0) is 21.2 Å². The Kier molecular flexibility index (Phi) is 4.67. The Labute approximate surface area is 108 Å². The Morgan fingerprint density at radius 1 is 1.28 bits per heavy atom. The van der Waals surface area contributed by atoms with Crippen molar-refractivity contribution in [3.63, 3.8) is 0 Å². The number of allylic oxidation sites excluding steroid dienone is 1. The monoisotopic (exact) mass is 267 g/mol. The minimum Gasteiger partial charge on any atom is -0.269 e. The van der Waals surface area contributed by atoms with E-state index in [0.29, 0.717) is 0 Å². The third-order valence-electron chi connectivity index (χ3n) is 2.45. The Morgan fingerprint density at radius 2 is 1.83 bits per heavy atom. The van der Waals surface area contributed by atoms with Crippen molar-refractivity contribution in [1.82, 2.24) is 4.72 Å². The molecule has 0 aromatic heterocycles. The van der Waals surface area contributed by atoms with E-state index in [1.807, 2.05) is 29.0 Å². The van der Waals surface area contributed by atoms with E-state index < -0.39 is 15.9 Å². The molecular weight excluding hydrogens is 250 g/mol. The van der Waals surface area contributed by atoms with Crippen molar-refractivity contribution in [3.05, 3.63) is 41.5 Å². The molecule has 98 valence electrons. The lowest BCUT2D eigenvalue weighted by Gasteiger charge is -2.04. The van der Waals surface area contributed by atoms with Gasteiger partial charge in [-0.3, -0.25) is 4.79 Å². The smallest absolute Gasteiger partial charge is 0.257 e. The normalized spacial score (nSPS) is 12.3. The molecule has 1 aromatic carbocycles. The second-order valence-electron chi connectivity index (χ2n) is 4.12. The molecule has 0 saturated heterocycles. The fourth-order valence-corrected chi connectivity index (χ4v) is 1.92. The van der Waals surface area contributed by atoms with Crippen LogP contribution in [0.4, 0.5) is 0 Å². The SMILES string of the molecule is CCc1ccc(C(C)=CC(=O)NS(C)(=O)=O)cc1. The molecule has 0 radical (unpaired) electrons. The molecule has 0 aliphatic rings. The van der Waals surface area contributed by atoms with Crippen molar-refractivity contribution in [2.75, 3.05) is 6.26 Å². The van der Waals surface area contributed by atoms with Crippen molar-refractivity contribution in [2.45, 2.75) is 20.3 Å². The molecule has 0 bridgehead atoms. The van der Waals surface area contributed by atoms with Crippen LogP contribution in [-0.4, -0.2) is 20.6 Å². The summed E-state index contributed by atoms with van der Waals surface area (Å²) in [5, 5.41) is 0. The van der Waals surface area contributed by atoms with Gasteiger partial charge in [-0.15, -0.1) is 0 Å². The summed E-state index contributed by atoms with van der Waals surface area (Å²) in [6.45, 7) is 3.83. The van der Waals surface area contributed by atoms with E-state index in [2.05, 4.69) is 6.92 Å². The summed E-state index contributed by atoms with van der Waals surface area (Å²) in [6, 6.07) is 7.80. The molecule has 0 aliphatic heterocycles. The summed E-state index contributed by atoms with van der Waals surface area (Å²) in [5.41, 5.74) is 2.83. The van der Waals surface area contributed by atoms with E-state index in [1.54, 1.807) is 6.92 Å². The number of rotatable bonds is 4. The maximum atomic E-state index is 11.4. The third kappa shape index (κ3) is 4.71. The highest BCUT2D eigenvalue weighted by molar-refractivity contribution is 7.89. The molecule has 4 nitrogen and oxygen atoms in total. The Morgan fingerprint density at radius 3 is 2.28 bits per heavy atom. The lowest BCUT2D eigenvalue weighted by molar-refractivity contribution is -0.114. The van der Waals surface area contributed by atoms with Crippen LogP contribution in [0.5, 0.6) is 0 Å². The summed E-state index contributed by atoms with van der Waals surface area (Å²) in [7, 11) is -3.51. The van der Waals surface area contributed by atoms with E-state index in [-0.39, 0.29) is 0 Å². The number of sulfonamides is 1. The van der Waals surface area contributed by atoms with E-state index in [1.165, 1.54) is 11.6 Å². The zero-order chi connectivity index (χ0) is 13.8. The molecule has 0 saturated carbocycles. The van der Waals surface area contributed by atoms with E-state index >= 15 is 0 Å². The molecule has 1 N–H and O–H groups in total. The minimum atomic E-state index is -3.51. The van der Waals surface area contributed by atoms with E-state index in [0.717, 1.165) is 23.8 Å². The molecule has 0 aliphatic carbocycles. The van der Waals surface area contributed by atoms with Crippen molar-refractivity contribution >= 4 is 21.5 Å². The van der Waals surface area contributed by atoms with Crippen molar-refractivity contribution in [2.24, 2.45) is 0 Å². The zero-order valence-electron chi connectivity index (χ0n) is 10.7. The van der Waals surface area contributed by atoms with Gasteiger partial charge in [-0.1, -0.05) is 31.2 Å². The van der Waals surface area contributed by atoms with Gasteiger partial charge >= 0.3 is 0 Å². The maximum absolute atomic E-state index is 11.4. The van der Waals surface area contributed by atoms with Crippen LogP contribution in [0.2, 0.25) is 0 Å². The second-order valence-corrected chi connectivity index (χ2v) is 5.86. The fourth-order valence-electron chi connectivity index (χ4n) is 1.50. The highest BCUT2D eigenvalue weighted by Crippen LogP contribution is 2.14. The number of carbonyl (C=O) groups excluding carboxylic acids is 1. The summed E-state index contributed by atoms with van der Waals surface area (Å²) in [6.07, 6.45) is 3.18. The molecule has 0 heterocycles. The van der Waals surface area contributed by atoms with E-state index in [9.17, 15) is 13.2 Å². The molecule has 0 fully saturated rings. The molecule has 1 aromatic rings. The Bertz CT molecular complexity index is 556. The lowest BCUT2D eigenvalue weighted by atomic mass is 10.0. The van der Waals surface area contributed by atoms with Crippen LogP contribution in [0, 0.1) is 0 Å². The predicted molar refractivity (Wildman–Crippen MR) is 72.5 cm³/mol. The van der Waals surface area contributed by atoms with Gasteiger partial charge in [0.15, 0.2) is 0 Å². The molecule has 0 atom stereocenters. The number of nitrogens with one attached hydrogen (secondary N) is 1. The fraction of sp³-hybridized carbons (Fsp3) is 0.308. The van der Waals surface area contributed by atoms with Crippen molar-refractivity contribution in [1.29, 1.82) is 0 Å². The first-order valence-corrected chi connectivity index (χ1v) is 7.50. The summed E-state index contributed by atoms with van der Waals surface area (Å²) >= 11 is 0. The van der Waals surface area contributed by atoms with Gasteiger partial charge in [0, 0.05) is 6.08 Å². The third-order valence-corrected chi connectivity index (χ3v) is 3.02. The van der Waals surface area contributed by atoms with Gasteiger partial charge in [0.05, 0.1) is 6.26 Å². The van der Waals surface area contributed by atoms with E-state index in [4.69, 9.17) is 0 Å². The predicted octanol–water partition coefficient (Wildman–Crippen LogP) is 1.73. The topological polar surface area (TPSA) is 63.2 Å². The molecule has 0 spiro atoms. The molecular formula is C13H17NO3S. The molecule has 0 unspecified atom stereocenters. The molecule has 5 heteroatoms. The highest BCUT2D eigenvalue weighted by atomic mass is 32.2. The van der Waals surface area contributed by atoms with Crippen LogP contribution >= 0.6 is 0 Å². The largest absolute Gasteiger partial charge is 0.269 e. The Hall–Kier alpha value is -1.62. The number of hydrogen-bond acceptors (Lipinski definition) is 3. The Balaban J connectivity index is 2.85. The van der Waals surface area contributed by atoms with Crippen LogP contribution in [0.1, 0.15) is 25.0 Å². The van der Waals surface area contributed by atoms with Gasteiger partial charge in [0.25, 0.3) is 5.91 Å². The average molecular weight is 267 g/mol. The first-order chi connectivity index (χ1) is 8.31. The van der Waals surface area contributed by atoms with Gasteiger partial charge in [-0.05, 0) is 30.0 Å². The number of benzene rings is 1. The van der Waals surface area contributed by atoms with Gasteiger partial charge in [-0.25, -0.2) is 13.1 Å².